The molecular weight excluding hydrogens is 392 g/mol. The number of aromatic nitrogens is 1. The van der Waals surface area contributed by atoms with E-state index < -0.39 is 5.54 Å². The molecule has 7 nitrogen and oxygen atoms in total. The molecule has 1 fully saturated rings. The van der Waals surface area contributed by atoms with Gasteiger partial charge in [-0.25, -0.2) is 4.99 Å². The first-order valence-electron chi connectivity index (χ1n) is 10.8. The number of rotatable bonds is 3. The largest absolute Gasteiger partial charge is 0.490 e. The molecule has 3 aliphatic rings. The highest BCUT2D eigenvalue weighted by Gasteiger charge is 2.55. The van der Waals surface area contributed by atoms with Gasteiger partial charge in [-0.15, -0.1) is 0 Å². The molecule has 1 unspecified atom stereocenters. The number of hydrogen-bond acceptors (Lipinski definition) is 7. The minimum atomic E-state index is -0.600. The summed E-state index contributed by atoms with van der Waals surface area (Å²) < 4.78 is 18.3. The quantitative estimate of drug-likeness (QED) is 0.818. The van der Waals surface area contributed by atoms with Gasteiger partial charge in [0.15, 0.2) is 0 Å². The predicted molar refractivity (Wildman–Crippen MR) is 115 cm³/mol. The third-order valence-corrected chi connectivity index (χ3v) is 6.49. The lowest BCUT2D eigenvalue weighted by molar-refractivity contribution is -0.0791. The molecule has 4 atom stereocenters. The van der Waals surface area contributed by atoms with Gasteiger partial charge in [0, 0.05) is 29.4 Å². The van der Waals surface area contributed by atoms with Crippen molar-refractivity contribution < 1.29 is 14.2 Å². The zero-order valence-electron chi connectivity index (χ0n) is 17.7. The van der Waals surface area contributed by atoms with Gasteiger partial charge in [0.05, 0.1) is 17.8 Å². The normalized spacial score (nSPS) is 28.8. The van der Waals surface area contributed by atoms with Gasteiger partial charge in [0.25, 0.3) is 6.02 Å². The van der Waals surface area contributed by atoms with Crippen LogP contribution in [0.25, 0.3) is 11.1 Å². The van der Waals surface area contributed by atoms with Crippen LogP contribution in [0.3, 0.4) is 0 Å². The average Bonchev–Trinajstić information content (AvgIpc) is 3.16. The summed E-state index contributed by atoms with van der Waals surface area (Å²) in [5, 5.41) is 9.24. The highest BCUT2D eigenvalue weighted by Crippen LogP contribution is 2.53. The Morgan fingerprint density at radius 1 is 1.23 bits per heavy atom. The van der Waals surface area contributed by atoms with E-state index in [-0.39, 0.29) is 30.3 Å². The molecule has 2 N–H and O–H groups in total. The van der Waals surface area contributed by atoms with E-state index in [9.17, 15) is 5.26 Å². The molecule has 2 aliphatic heterocycles. The number of fused-ring (bicyclic) bond motifs is 4. The molecule has 7 heteroatoms. The van der Waals surface area contributed by atoms with Crippen LogP contribution in [0, 0.1) is 17.2 Å². The van der Waals surface area contributed by atoms with E-state index in [1.54, 1.807) is 12.4 Å². The second kappa shape index (κ2) is 7.54. The van der Waals surface area contributed by atoms with Crippen LogP contribution in [0.4, 0.5) is 0 Å². The predicted octanol–water partition coefficient (Wildman–Crippen LogP) is 3.52. The first kappa shape index (κ1) is 19.8. The van der Waals surface area contributed by atoms with Crippen molar-refractivity contribution in [3.8, 4) is 22.9 Å². The summed E-state index contributed by atoms with van der Waals surface area (Å²) in [5.41, 5.74) is 8.75. The van der Waals surface area contributed by atoms with Crippen LogP contribution < -0.4 is 10.5 Å². The smallest absolute Gasteiger partial charge is 0.283 e. The SMILES string of the molecule is CC(C)O[C@H]1CCC2Oc3ccc(-c4cncc(C#N)c4)cc3[C@]3(COC(N)=N3)[C@H]2C1. The van der Waals surface area contributed by atoms with Crippen LogP contribution in [0.15, 0.2) is 41.7 Å². The van der Waals surface area contributed by atoms with Crippen molar-refractivity contribution in [3.63, 3.8) is 0 Å². The van der Waals surface area contributed by atoms with Crippen LogP contribution in [-0.4, -0.2) is 35.9 Å². The fraction of sp³-hybridized carbons (Fsp3) is 0.458. The number of nitrogens with zero attached hydrogens (tertiary/aromatic N) is 3. The van der Waals surface area contributed by atoms with Crippen molar-refractivity contribution in [2.75, 3.05) is 6.61 Å². The maximum atomic E-state index is 9.24. The Bertz CT molecular complexity index is 1080. The summed E-state index contributed by atoms with van der Waals surface area (Å²) in [6, 6.07) is 10.3. The Morgan fingerprint density at radius 3 is 2.84 bits per heavy atom. The lowest BCUT2D eigenvalue weighted by atomic mass is 9.67. The summed E-state index contributed by atoms with van der Waals surface area (Å²) in [6.45, 7) is 4.53. The van der Waals surface area contributed by atoms with Crippen molar-refractivity contribution >= 4 is 6.02 Å². The number of pyridine rings is 1. The number of ether oxygens (including phenoxy) is 3. The van der Waals surface area contributed by atoms with Crippen LogP contribution in [0.1, 0.15) is 44.2 Å². The van der Waals surface area contributed by atoms with Crippen molar-refractivity contribution in [2.45, 2.75) is 57.0 Å². The third-order valence-electron chi connectivity index (χ3n) is 6.49. The zero-order chi connectivity index (χ0) is 21.6. The summed E-state index contributed by atoms with van der Waals surface area (Å²) in [5.74, 6) is 0.928. The molecule has 1 saturated carbocycles. The molecule has 5 rings (SSSR count). The minimum absolute atomic E-state index is 0.0483. The van der Waals surface area contributed by atoms with E-state index in [0.29, 0.717) is 12.2 Å². The van der Waals surface area contributed by atoms with Crippen LogP contribution in [0.5, 0.6) is 5.75 Å². The Kier molecular flexibility index (Phi) is 4.82. The van der Waals surface area contributed by atoms with Gasteiger partial charge in [-0.05, 0) is 56.9 Å². The van der Waals surface area contributed by atoms with Gasteiger partial charge in [0.1, 0.15) is 30.1 Å². The van der Waals surface area contributed by atoms with Gasteiger partial charge < -0.3 is 19.9 Å². The molecule has 1 spiro atoms. The van der Waals surface area contributed by atoms with Gasteiger partial charge in [-0.2, -0.15) is 5.26 Å². The van der Waals surface area contributed by atoms with E-state index in [2.05, 4.69) is 31.0 Å². The van der Waals surface area contributed by atoms with E-state index in [0.717, 1.165) is 41.7 Å². The highest BCUT2D eigenvalue weighted by molar-refractivity contribution is 5.75. The number of nitriles is 1. The fourth-order valence-electron chi connectivity index (χ4n) is 5.20. The van der Waals surface area contributed by atoms with Crippen molar-refractivity contribution in [1.82, 2.24) is 4.98 Å². The van der Waals surface area contributed by atoms with Crippen molar-refractivity contribution in [1.29, 1.82) is 5.26 Å². The van der Waals surface area contributed by atoms with Gasteiger partial charge in [0.2, 0.25) is 0 Å². The number of benzene rings is 1. The van der Waals surface area contributed by atoms with Crippen LogP contribution in [-0.2, 0) is 15.0 Å². The zero-order valence-corrected chi connectivity index (χ0v) is 17.7. The lowest BCUT2D eigenvalue weighted by Gasteiger charge is -2.48. The topological polar surface area (TPSA) is 103 Å². The standard InChI is InChI=1S/C24H26N4O3/c1-14(2)30-18-4-6-22-20(9-18)24(13-29-23(26)28-24)19-8-16(3-5-21(19)31-22)17-7-15(10-25)11-27-12-17/h3,5,7-8,11-12,14,18,20,22H,4,6,9,13H2,1-2H3,(H2,26,28)/t18-,20-,22?,24+/m0/s1. The Labute approximate surface area is 181 Å². The molecule has 31 heavy (non-hydrogen) atoms. The molecule has 2 aromatic rings. The minimum Gasteiger partial charge on any atom is -0.490 e. The van der Waals surface area contributed by atoms with E-state index in [1.165, 1.54) is 0 Å². The van der Waals surface area contributed by atoms with Gasteiger partial charge >= 0.3 is 0 Å². The highest BCUT2D eigenvalue weighted by atomic mass is 16.5. The van der Waals surface area contributed by atoms with E-state index in [4.69, 9.17) is 24.9 Å². The average molecular weight is 418 g/mol. The molecule has 0 radical (unpaired) electrons. The Hall–Kier alpha value is -3.11. The molecule has 0 amide bonds. The monoisotopic (exact) mass is 418 g/mol. The Balaban J connectivity index is 1.59. The van der Waals surface area contributed by atoms with Crippen molar-refractivity contribution in [3.05, 3.63) is 47.8 Å². The Morgan fingerprint density at radius 2 is 2.10 bits per heavy atom. The maximum Gasteiger partial charge on any atom is 0.283 e. The second-order valence-electron chi connectivity index (χ2n) is 8.83. The molecule has 1 aromatic carbocycles. The van der Waals surface area contributed by atoms with E-state index >= 15 is 0 Å². The summed E-state index contributed by atoms with van der Waals surface area (Å²) in [7, 11) is 0. The van der Waals surface area contributed by atoms with Crippen LogP contribution in [0.2, 0.25) is 0 Å². The number of amidine groups is 1. The van der Waals surface area contributed by atoms with E-state index in [1.807, 2.05) is 18.2 Å². The molecule has 0 bridgehead atoms. The molecule has 3 heterocycles. The summed E-state index contributed by atoms with van der Waals surface area (Å²) in [6.07, 6.45) is 6.44. The van der Waals surface area contributed by atoms with Gasteiger partial charge in [-0.1, -0.05) is 6.07 Å². The molecule has 1 aliphatic carbocycles. The summed E-state index contributed by atoms with van der Waals surface area (Å²) >= 11 is 0. The first-order valence-corrected chi connectivity index (χ1v) is 10.8. The maximum absolute atomic E-state index is 9.24. The van der Waals surface area contributed by atoms with Crippen molar-refractivity contribution in [2.24, 2.45) is 16.6 Å². The third kappa shape index (κ3) is 3.41. The number of hydrogen-bond donors (Lipinski definition) is 1. The molecular formula is C24H26N4O3. The number of nitrogens with two attached hydrogens (primary N) is 1. The first-order chi connectivity index (χ1) is 15.0. The second-order valence-corrected chi connectivity index (χ2v) is 8.83. The molecule has 1 aromatic heterocycles. The fourth-order valence-corrected chi connectivity index (χ4v) is 5.20. The summed E-state index contributed by atoms with van der Waals surface area (Å²) in [4.78, 5) is 9.06. The molecule has 160 valence electrons. The van der Waals surface area contributed by atoms with Gasteiger partial charge in [-0.3, -0.25) is 4.98 Å². The van der Waals surface area contributed by atoms with Crippen LogP contribution >= 0.6 is 0 Å². The lowest BCUT2D eigenvalue weighted by Crippen LogP contribution is -2.52. The number of aliphatic imine (C=N–C) groups is 1. The molecule has 0 saturated heterocycles.